The Hall–Kier alpha value is -1.06. The van der Waals surface area contributed by atoms with Crippen LogP contribution in [0.1, 0.15) is 65.4 Å². The van der Waals surface area contributed by atoms with Crippen molar-refractivity contribution >= 4 is 0 Å². The fourth-order valence-electron chi connectivity index (χ4n) is 3.79. The summed E-state index contributed by atoms with van der Waals surface area (Å²) in [5, 5.41) is 0. The minimum Gasteiger partial charge on any atom is -0.494 e. The van der Waals surface area contributed by atoms with Crippen LogP contribution in [-0.4, -0.2) is 44.4 Å². The first-order valence-corrected chi connectivity index (χ1v) is 10.4. The van der Waals surface area contributed by atoms with E-state index in [0.29, 0.717) is 12.0 Å². The van der Waals surface area contributed by atoms with Crippen LogP contribution in [0.15, 0.2) is 24.3 Å². The number of hydrogen-bond donors (Lipinski definition) is 0. The molecule has 3 heteroatoms. The van der Waals surface area contributed by atoms with Gasteiger partial charge in [-0.25, -0.2) is 0 Å². The van der Waals surface area contributed by atoms with Crippen LogP contribution in [0, 0.1) is 5.92 Å². The maximum Gasteiger partial charge on any atom is 0.119 e. The van der Waals surface area contributed by atoms with Gasteiger partial charge in [-0.2, -0.15) is 0 Å². The molecule has 1 aromatic carbocycles. The number of likely N-dealkylation sites (tertiary alicyclic amines) is 1. The van der Waals surface area contributed by atoms with Gasteiger partial charge in [-0.1, -0.05) is 52.7 Å². The van der Waals surface area contributed by atoms with Gasteiger partial charge in [0.2, 0.25) is 0 Å². The van der Waals surface area contributed by atoms with E-state index in [1.54, 1.807) is 0 Å². The molecule has 148 valence electrons. The van der Waals surface area contributed by atoms with Gasteiger partial charge in [0, 0.05) is 13.7 Å². The van der Waals surface area contributed by atoms with Crippen molar-refractivity contribution in [3.63, 3.8) is 0 Å². The highest BCUT2D eigenvalue weighted by Crippen LogP contribution is 2.26. The van der Waals surface area contributed by atoms with E-state index in [-0.39, 0.29) is 5.41 Å². The number of rotatable bonds is 9. The average molecular weight is 362 g/mol. The predicted molar refractivity (Wildman–Crippen MR) is 110 cm³/mol. The Morgan fingerprint density at radius 1 is 1.12 bits per heavy atom. The molecule has 1 heterocycles. The van der Waals surface area contributed by atoms with Crippen molar-refractivity contribution in [2.24, 2.45) is 5.92 Å². The van der Waals surface area contributed by atoms with Crippen LogP contribution in [0.4, 0.5) is 0 Å². The molecule has 0 bridgehead atoms. The summed E-state index contributed by atoms with van der Waals surface area (Å²) in [6.45, 7) is 13.2. The van der Waals surface area contributed by atoms with E-state index in [0.717, 1.165) is 25.3 Å². The largest absolute Gasteiger partial charge is 0.494 e. The number of piperidine rings is 1. The molecule has 0 spiro atoms. The highest BCUT2D eigenvalue weighted by molar-refractivity contribution is 5.31. The molecule has 1 aliphatic heterocycles. The highest BCUT2D eigenvalue weighted by atomic mass is 16.5. The second-order valence-corrected chi connectivity index (χ2v) is 8.74. The van der Waals surface area contributed by atoms with Crippen molar-refractivity contribution in [3.8, 4) is 5.75 Å². The SMILES string of the molecule is CCCCCN1CC[C@@H](CCOc2ccc(C(C)(C)C)cc2)[C@@H](OC)C1. The normalized spacial score (nSPS) is 21.7. The van der Waals surface area contributed by atoms with Gasteiger partial charge >= 0.3 is 0 Å². The molecule has 1 fully saturated rings. The molecule has 1 saturated heterocycles. The van der Waals surface area contributed by atoms with Crippen LogP contribution >= 0.6 is 0 Å². The number of hydrogen-bond acceptors (Lipinski definition) is 3. The van der Waals surface area contributed by atoms with E-state index < -0.39 is 0 Å². The molecular formula is C23H39NO2. The summed E-state index contributed by atoms with van der Waals surface area (Å²) in [7, 11) is 1.86. The third kappa shape index (κ3) is 6.59. The number of ether oxygens (including phenoxy) is 2. The standard InChI is InChI=1S/C23H39NO2/c1-6-7-8-15-24-16-13-19(22(18-24)25-5)14-17-26-21-11-9-20(10-12-21)23(2,3)4/h9-12,19,22H,6-8,13-18H2,1-5H3/t19-,22-/m0/s1. The van der Waals surface area contributed by atoms with Crippen molar-refractivity contribution in [1.29, 1.82) is 0 Å². The van der Waals surface area contributed by atoms with E-state index in [2.05, 4.69) is 56.9 Å². The van der Waals surface area contributed by atoms with Crippen molar-refractivity contribution in [3.05, 3.63) is 29.8 Å². The minimum absolute atomic E-state index is 0.190. The Balaban J connectivity index is 1.75. The van der Waals surface area contributed by atoms with E-state index in [1.807, 2.05) is 7.11 Å². The zero-order valence-corrected chi connectivity index (χ0v) is 17.6. The lowest BCUT2D eigenvalue weighted by Crippen LogP contribution is -2.45. The smallest absolute Gasteiger partial charge is 0.119 e. The monoisotopic (exact) mass is 361 g/mol. The molecule has 2 atom stereocenters. The third-order valence-electron chi connectivity index (χ3n) is 5.64. The summed E-state index contributed by atoms with van der Waals surface area (Å²) in [6, 6.07) is 8.57. The summed E-state index contributed by atoms with van der Waals surface area (Å²) < 4.78 is 11.8. The van der Waals surface area contributed by atoms with Crippen molar-refractivity contribution in [1.82, 2.24) is 4.90 Å². The molecule has 26 heavy (non-hydrogen) atoms. The molecule has 0 aromatic heterocycles. The fraction of sp³-hybridized carbons (Fsp3) is 0.739. The predicted octanol–water partition coefficient (Wildman–Crippen LogP) is 5.28. The second kappa shape index (κ2) is 10.3. The molecular weight excluding hydrogens is 322 g/mol. The lowest BCUT2D eigenvalue weighted by atomic mass is 9.87. The molecule has 1 aromatic rings. The van der Waals surface area contributed by atoms with Gasteiger partial charge in [-0.3, -0.25) is 0 Å². The van der Waals surface area contributed by atoms with Crippen LogP contribution in [0.5, 0.6) is 5.75 Å². The summed E-state index contributed by atoms with van der Waals surface area (Å²) in [5.41, 5.74) is 1.54. The van der Waals surface area contributed by atoms with Gasteiger partial charge in [0.15, 0.2) is 0 Å². The van der Waals surface area contributed by atoms with Crippen LogP contribution < -0.4 is 4.74 Å². The topological polar surface area (TPSA) is 21.7 Å². The Bertz CT molecular complexity index is 506. The summed E-state index contributed by atoms with van der Waals surface area (Å²) >= 11 is 0. The number of benzene rings is 1. The molecule has 0 unspecified atom stereocenters. The van der Waals surface area contributed by atoms with Gasteiger partial charge in [0.1, 0.15) is 5.75 Å². The lowest BCUT2D eigenvalue weighted by molar-refractivity contribution is -0.0180. The molecule has 1 aliphatic rings. The highest BCUT2D eigenvalue weighted by Gasteiger charge is 2.28. The van der Waals surface area contributed by atoms with Gasteiger partial charge < -0.3 is 14.4 Å². The number of methoxy groups -OCH3 is 1. The van der Waals surface area contributed by atoms with E-state index in [9.17, 15) is 0 Å². The maximum absolute atomic E-state index is 6.01. The first-order chi connectivity index (χ1) is 12.4. The van der Waals surface area contributed by atoms with Crippen molar-refractivity contribution < 1.29 is 9.47 Å². The third-order valence-corrected chi connectivity index (χ3v) is 5.64. The second-order valence-electron chi connectivity index (χ2n) is 8.74. The van der Waals surface area contributed by atoms with Gasteiger partial charge in [-0.05, 0) is 61.4 Å². The van der Waals surface area contributed by atoms with E-state index in [1.165, 1.54) is 44.3 Å². The summed E-state index contributed by atoms with van der Waals surface area (Å²) in [6.07, 6.45) is 6.57. The molecule has 0 aliphatic carbocycles. The lowest BCUT2D eigenvalue weighted by Gasteiger charge is -2.37. The maximum atomic E-state index is 6.01. The van der Waals surface area contributed by atoms with Gasteiger partial charge in [0.25, 0.3) is 0 Å². The summed E-state index contributed by atoms with van der Waals surface area (Å²) in [5.74, 6) is 1.58. The van der Waals surface area contributed by atoms with E-state index in [4.69, 9.17) is 9.47 Å². The van der Waals surface area contributed by atoms with Crippen molar-refractivity contribution in [2.75, 3.05) is 33.4 Å². The van der Waals surface area contributed by atoms with Crippen molar-refractivity contribution in [2.45, 2.75) is 71.3 Å². The van der Waals surface area contributed by atoms with Crippen LogP contribution in [0.3, 0.4) is 0 Å². The minimum atomic E-state index is 0.190. The Labute approximate surface area is 161 Å². The quantitative estimate of drug-likeness (QED) is 0.559. The molecule has 0 amide bonds. The van der Waals surface area contributed by atoms with Crippen LogP contribution in [0.2, 0.25) is 0 Å². The molecule has 0 saturated carbocycles. The summed E-state index contributed by atoms with van der Waals surface area (Å²) in [4.78, 5) is 2.58. The van der Waals surface area contributed by atoms with Crippen LogP contribution in [0.25, 0.3) is 0 Å². The van der Waals surface area contributed by atoms with Gasteiger partial charge in [-0.15, -0.1) is 0 Å². The molecule has 2 rings (SSSR count). The first-order valence-electron chi connectivity index (χ1n) is 10.4. The number of nitrogens with zero attached hydrogens (tertiary/aromatic N) is 1. The Morgan fingerprint density at radius 3 is 2.46 bits per heavy atom. The first kappa shape index (κ1) is 21.2. The Kier molecular flexibility index (Phi) is 8.43. The Morgan fingerprint density at radius 2 is 1.85 bits per heavy atom. The number of unbranched alkanes of at least 4 members (excludes halogenated alkanes) is 2. The zero-order chi connectivity index (χ0) is 19.0. The molecule has 0 N–H and O–H groups in total. The fourth-order valence-corrected chi connectivity index (χ4v) is 3.79. The zero-order valence-electron chi connectivity index (χ0n) is 17.6. The van der Waals surface area contributed by atoms with E-state index >= 15 is 0 Å². The average Bonchev–Trinajstić information content (AvgIpc) is 2.62. The van der Waals surface area contributed by atoms with Gasteiger partial charge in [0.05, 0.1) is 12.7 Å². The molecule has 0 radical (unpaired) electrons. The molecule has 3 nitrogen and oxygen atoms in total. The van der Waals surface area contributed by atoms with Crippen LogP contribution in [-0.2, 0) is 10.2 Å².